The molecule has 2 rings (SSSR count). The van der Waals surface area contributed by atoms with Gasteiger partial charge in [-0.05, 0) is 67.0 Å². The van der Waals surface area contributed by atoms with E-state index >= 15 is 0 Å². The summed E-state index contributed by atoms with van der Waals surface area (Å²) in [6.45, 7) is 2.01. The molecule has 0 unspecified atom stereocenters. The Bertz CT molecular complexity index is 919. The number of anilines is 1. The third kappa shape index (κ3) is 9.17. The molecular weight excluding hydrogens is 444 g/mol. The molecule has 0 saturated heterocycles. The Labute approximate surface area is 197 Å². The van der Waals surface area contributed by atoms with E-state index in [1.165, 1.54) is 6.08 Å². The number of carbonyl (C=O) groups is 2. The van der Waals surface area contributed by atoms with Gasteiger partial charge in [-0.3, -0.25) is 15.3 Å². The Morgan fingerprint density at radius 2 is 1.94 bits per heavy atom. The number of hydroxylamine groups is 1. The van der Waals surface area contributed by atoms with E-state index in [1.54, 1.807) is 41.5 Å². The molecule has 178 valence electrons. The van der Waals surface area contributed by atoms with Crippen molar-refractivity contribution in [2.75, 3.05) is 24.8 Å². The number of benzene rings is 2. The molecule has 0 bridgehead atoms. The molecule has 4 N–H and O–H groups in total. The minimum absolute atomic E-state index is 0.0930. The lowest BCUT2D eigenvalue weighted by Crippen LogP contribution is -2.22. The van der Waals surface area contributed by atoms with Crippen molar-refractivity contribution in [2.45, 2.75) is 30.8 Å². The number of aliphatic hydroxyl groups excluding tert-OH is 1. The molecule has 0 fully saturated rings. The van der Waals surface area contributed by atoms with Crippen LogP contribution in [-0.4, -0.2) is 41.8 Å². The summed E-state index contributed by atoms with van der Waals surface area (Å²) in [6.07, 6.45) is 4.88. The molecule has 0 aliphatic heterocycles. The maximum Gasteiger partial charge on any atom is 0.412 e. The van der Waals surface area contributed by atoms with Crippen molar-refractivity contribution in [1.82, 2.24) is 5.48 Å². The molecule has 0 aliphatic rings. The van der Waals surface area contributed by atoms with Gasteiger partial charge in [-0.1, -0.05) is 25.1 Å². The molecule has 2 atom stereocenters. The molecule has 2 amide bonds. The molecule has 33 heavy (non-hydrogen) atoms. The number of amides is 2. The SMILES string of the molecule is CSc1ccc(NC(=O)O[C@H](c2cccc(OCCO)c2)[C@@H](C)CC/C=C/C(=O)NO)cc1. The third-order valence-electron chi connectivity index (χ3n) is 4.80. The Morgan fingerprint density at radius 1 is 1.18 bits per heavy atom. The zero-order chi connectivity index (χ0) is 24.1. The first kappa shape index (κ1) is 26.2. The highest BCUT2D eigenvalue weighted by molar-refractivity contribution is 7.98. The van der Waals surface area contributed by atoms with Crippen molar-refractivity contribution >= 4 is 29.4 Å². The fourth-order valence-electron chi connectivity index (χ4n) is 3.13. The van der Waals surface area contributed by atoms with Crippen molar-refractivity contribution < 1.29 is 29.4 Å². The molecule has 8 nitrogen and oxygen atoms in total. The van der Waals surface area contributed by atoms with Crippen molar-refractivity contribution in [3.8, 4) is 5.75 Å². The van der Waals surface area contributed by atoms with Gasteiger partial charge in [0.2, 0.25) is 0 Å². The highest BCUT2D eigenvalue weighted by atomic mass is 32.2. The van der Waals surface area contributed by atoms with Gasteiger partial charge < -0.3 is 14.6 Å². The van der Waals surface area contributed by atoms with Crippen LogP contribution in [0.5, 0.6) is 5.75 Å². The van der Waals surface area contributed by atoms with E-state index in [4.69, 9.17) is 19.8 Å². The monoisotopic (exact) mass is 474 g/mol. The highest BCUT2D eigenvalue weighted by Crippen LogP contribution is 2.32. The van der Waals surface area contributed by atoms with Gasteiger partial charge in [0.1, 0.15) is 18.5 Å². The van der Waals surface area contributed by atoms with Crippen LogP contribution in [0.25, 0.3) is 0 Å². The maximum atomic E-state index is 12.7. The number of rotatable bonds is 12. The number of aliphatic hydroxyl groups is 1. The van der Waals surface area contributed by atoms with Gasteiger partial charge in [0, 0.05) is 16.7 Å². The summed E-state index contributed by atoms with van der Waals surface area (Å²) in [6, 6.07) is 14.7. The van der Waals surface area contributed by atoms with Crippen LogP contribution < -0.4 is 15.5 Å². The number of nitrogens with one attached hydrogen (secondary N) is 2. The predicted molar refractivity (Wildman–Crippen MR) is 128 cm³/mol. The van der Waals surface area contributed by atoms with Gasteiger partial charge in [0.05, 0.1) is 6.61 Å². The lowest BCUT2D eigenvalue weighted by Gasteiger charge is -2.25. The molecule has 0 aliphatic carbocycles. The summed E-state index contributed by atoms with van der Waals surface area (Å²) in [7, 11) is 0. The van der Waals surface area contributed by atoms with E-state index in [2.05, 4.69) is 5.32 Å². The molecule has 0 heterocycles. The summed E-state index contributed by atoms with van der Waals surface area (Å²) < 4.78 is 11.3. The quantitative estimate of drug-likeness (QED) is 0.154. The summed E-state index contributed by atoms with van der Waals surface area (Å²) in [5.74, 6) is -0.129. The first-order chi connectivity index (χ1) is 16.0. The lowest BCUT2D eigenvalue weighted by atomic mass is 9.93. The number of ether oxygens (including phenoxy) is 2. The zero-order valence-electron chi connectivity index (χ0n) is 18.7. The van der Waals surface area contributed by atoms with Gasteiger partial charge in [0.25, 0.3) is 5.91 Å². The molecule has 9 heteroatoms. The largest absolute Gasteiger partial charge is 0.491 e. The topological polar surface area (TPSA) is 117 Å². The third-order valence-corrected chi connectivity index (χ3v) is 5.55. The number of thioether (sulfide) groups is 1. The normalized spacial score (nSPS) is 12.7. The standard InChI is InChI=1S/C24H30N2O6S/c1-17(6-3-4-9-22(28)26-30)23(18-7-5-8-20(16-18)31-15-14-27)32-24(29)25-19-10-12-21(33-2)13-11-19/h4-5,7-13,16-17,23,27,30H,3,6,14-15H2,1-2H3,(H,25,29)(H,26,28)/b9-4+/t17-,23-/m0/s1. The Balaban J connectivity index is 2.13. The zero-order valence-corrected chi connectivity index (χ0v) is 19.5. The van der Waals surface area contributed by atoms with Crippen LogP contribution in [0.2, 0.25) is 0 Å². The summed E-state index contributed by atoms with van der Waals surface area (Å²) in [4.78, 5) is 24.9. The van der Waals surface area contributed by atoms with E-state index in [0.717, 1.165) is 10.5 Å². The molecule has 0 saturated carbocycles. The van der Waals surface area contributed by atoms with Gasteiger partial charge >= 0.3 is 6.09 Å². The number of hydrogen-bond donors (Lipinski definition) is 4. The number of hydrogen-bond acceptors (Lipinski definition) is 7. The van der Waals surface area contributed by atoms with E-state index < -0.39 is 18.1 Å². The van der Waals surface area contributed by atoms with Gasteiger partial charge in [-0.2, -0.15) is 0 Å². The van der Waals surface area contributed by atoms with Crippen molar-refractivity contribution in [3.63, 3.8) is 0 Å². The second-order valence-electron chi connectivity index (χ2n) is 7.26. The van der Waals surface area contributed by atoms with Crippen molar-refractivity contribution in [1.29, 1.82) is 0 Å². The van der Waals surface area contributed by atoms with E-state index in [-0.39, 0.29) is 19.1 Å². The minimum atomic E-state index is -0.601. The van der Waals surface area contributed by atoms with Crippen LogP contribution in [-0.2, 0) is 9.53 Å². The minimum Gasteiger partial charge on any atom is -0.491 e. The van der Waals surface area contributed by atoms with Gasteiger partial charge in [-0.15, -0.1) is 11.8 Å². The van der Waals surface area contributed by atoms with Crippen LogP contribution in [0.1, 0.15) is 31.4 Å². The average molecular weight is 475 g/mol. The molecular formula is C24H30N2O6S. The number of carbonyl (C=O) groups excluding carboxylic acids is 2. The van der Waals surface area contributed by atoms with Crippen LogP contribution >= 0.6 is 11.8 Å². The first-order valence-corrected chi connectivity index (χ1v) is 11.7. The Hall–Kier alpha value is -3.01. The molecule has 0 spiro atoms. The maximum absolute atomic E-state index is 12.7. The summed E-state index contributed by atoms with van der Waals surface area (Å²) in [5.41, 5.74) is 2.92. The smallest absolute Gasteiger partial charge is 0.412 e. The van der Waals surface area contributed by atoms with Gasteiger partial charge in [-0.25, -0.2) is 10.3 Å². The van der Waals surface area contributed by atoms with Crippen LogP contribution in [0, 0.1) is 5.92 Å². The molecule has 0 aromatic heterocycles. The second kappa shape index (κ2) is 14.2. The Kier molecular flexibility index (Phi) is 11.3. The highest BCUT2D eigenvalue weighted by Gasteiger charge is 2.24. The van der Waals surface area contributed by atoms with Gasteiger partial charge in [0.15, 0.2) is 0 Å². The van der Waals surface area contributed by atoms with E-state index in [9.17, 15) is 9.59 Å². The Morgan fingerprint density at radius 3 is 2.61 bits per heavy atom. The number of allylic oxidation sites excluding steroid dienone is 1. The van der Waals surface area contributed by atoms with E-state index in [1.807, 2.05) is 43.5 Å². The predicted octanol–water partition coefficient (Wildman–Crippen LogP) is 4.55. The van der Waals surface area contributed by atoms with Crippen molar-refractivity contribution in [3.05, 3.63) is 66.2 Å². The molecule has 2 aromatic rings. The van der Waals surface area contributed by atoms with Crippen LogP contribution in [0.3, 0.4) is 0 Å². The van der Waals surface area contributed by atoms with Crippen LogP contribution in [0.15, 0.2) is 65.6 Å². The molecule has 0 radical (unpaired) electrons. The second-order valence-corrected chi connectivity index (χ2v) is 8.14. The van der Waals surface area contributed by atoms with Crippen LogP contribution in [0.4, 0.5) is 10.5 Å². The summed E-state index contributed by atoms with van der Waals surface area (Å²) in [5, 5.41) is 20.3. The lowest BCUT2D eigenvalue weighted by molar-refractivity contribution is -0.124. The fourth-order valence-corrected chi connectivity index (χ4v) is 3.54. The summed E-state index contributed by atoms with van der Waals surface area (Å²) >= 11 is 1.61. The van der Waals surface area contributed by atoms with Crippen molar-refractivity contribution in [2.24, 2.45) is 5.92 Å². The first-order valence-electron chi connectivity index (χ1n) is 10.5. The molecule has 2 aromatic carbocycles. The average Bonchev–Trinajstić information content (AvgIpc) is 2.84. The van der Waals surface area contributed by atoms with E-state index in [0.29, 0.717) is 24.3 Å². The fraction of sp³-hybridized carbons (Fsp3) is 0.333.